The van der Waals surface area contributed by atoms with Gasteiger partial charge in [0.05, 0.1) is 10.0 Å². The van der Waals surface area contributed by atoms with E-state index in [2.05, 4.69) is 45.7 Å². The predicted octanol–water partition coefficient (Wildman–Crippen LogP) is 7.19. The Morgan fingerprint density at radius 1 is 1.03 bits per heavy atom. The standard InChI is InChI=1S/C29H33Cl2N3O/c30-26-12-8-20(16-27(26)31)9-13-29(35)32-14-4-1-5-15-34-22-10-11-23(34)18-21(17-22)25-19-33-28-7-3-2-6-24(25)28/h2-3,6-9,12-13,16,19,21-23,33H,1,4-5,10-11,14-15,17-18H2,(H,32,35)/b13-9+. The number of nitrogens with one attached hydrogen (secondary N) is 2. The van der Waals surface area contributed by atoms with Crippen LogP contribution < -0.4 is 5.32 Å². The first-order chi connectivity index (χ1) is 17.1. The van der Waals surface area contributed by atoms with E-state index in [1.54, 1.807) is 24.3 Å². The monoisotopic (exact) mass is 509 g/mol. The molecule has 5 rings (SSSR count). The summed E-state index contributed by atoms with van der Waals surface area (Å²) in [6.45, 7) is 1.89. The first-order valence-electron chi connectivity index (χ1n) is 12.8. The van der Waals surface area contributed by atoms with Crippen LogP contribution in [0.3, 0.4) is 0 Å². The number of benzene rings is 2. The summed E-state index contributed by atoms with van der Waals surface area (Å²) in [6, 6.07) is 15.5. The lowest BCUT2D eigenvalue weighted by atomic mass is 9.85. The van der Waals surface area contributed by atoms with Crippen LogP contribution in [0, 0.1) is 0 Å². The van der Waals surface area contributed by atoms with Crippen LogP contribution in [0.15, 0.2) is 54.7 Å². The van der Waals surface area contributed by atoms with Crippen LogP contribution in [0.5, 0.6) is 0 Å². The molecule has 6 heteroatoms. The number of amides is 1. The molecule has 2 fully saturated rings. The average molecular weight is 511 g/mol. The minimum absolute atomic E-state index is 0.0755. The van der Waals surface area contributed by atoms with Crippen molar-refractivity contribution in [2.75, 3.05) is 13.1 Å². The predicted molar refractivity (Wildman–Crippen MR) is 146 cm³/mol. The number of carbonyl (C=O) groups excluding carboxylic acids is 1. The molecule has 0 radical (unpaired) electrons. The second-order valence-corrected chi connectivity index (χ2v) is 10.8. The van der Waals surface area contributed by atoms with Gasteiger partial charge in [0.1, 0.15) is 0 Å². The number of carbonyl (C=O) groups is 1. The van der Waals surface area contributed by atoms with E-state index >= 15 is 0 Å². The number of unbranched alkanes of at least 4 members (excludes halogenated alkanes) is 2. The average Bonchev–Trinajstić information content (AvgIpc) is 3.39. The van der Waals surface area contributed by atoms with Gasteiger partial charge in [-0.3, -0.25) is 9.69 Å². The molecule has 1 aromatic heterocycles. The molecule has 2 aromatic carbocycles. The molecule has 0 saturated carbocycles. The zero-order valence-electron chi connectivity index (χ0n) is 20.0. The Kier molecular flexibility index (Phi) is 7.81. The van der Waals surface area contributed by atoms with Crippen LogP contribution in [0.4, 0.5) is 0 Å². The molecule has 0 aliphatic carbocycles. The molecule has 3 aromatic rings. The molecule has 3 heterocycles. The zero-order chi connectivity index (χ0) is 24.2. The molecule has 1 amide bonds. The Morgan fingerprint density at radius 3 is 2.63 bits per heavy atom. The van der Waals surface area contributed by atoms with Crippen molar-refractivity contribution in [1.29, 1.82) is 0 Å². The van der Waals surface area contributed by atoms with Gasteiger partial charge in [-0.05, 0) is 86.4 Å². The number of aromatic nitrogens is 1. The first kappa shape index (κ1) is 24.4. The second kappa shape index (κ2) is 11.2. The van der Waals surface area contributed by atoms with Crippen LogP contribution >= 0.6 is 23.2 Å². The van der Waals surface area contributed by atoms with Gasteiger partial charge < -0.3 is 10.3 Å². The van der Waals surface area contributed by atoms with Gasteiger partial charge >= 0.3 is 0 Å². The first-order valence-corrected chi connectivity index (χ1v) is 13.6. The molecule has 2 saturated heterocycles. The molecule has 4 nitrogen and oxygen atoms in total. The minimum atomic E-state index is -0.0755. The third-order valence-corrected chi connectivity index (χ3v) is 8.45. The molecule has 2 aliphatic heterocycles. The van der Waals surface area contributed by atoms with E-state index in [1.807, 2.05) is 6.07 Å². The number of piperidine rings is 1. The molecule has 184 valence electrons. The van der Waals surface area contributed by atoms with Gasteiger partial charge in [0.15, 0.2) is 0 Å². The second-order valence-electron chi connectivity index (χ2n) is 9.94. The van der Waals surface area contributed by atoms with Crippen LogP contribution in [0.25, 0.3) is 17.0 Å². The Labute approximate surface area is 217 Å². The number of H-pyrrole nitrogens is 1. The summed E-state index contributed by atoms with van der Waals surface area (Å²) >= 11 is 11.9. The van der Waals surface area contributed by atoms with Crippen molar-refractivity contribution in [2.24, 2.45) is 0 Å². The fourth-order valence-corrected chi connectivity index (χ4v) is 6.29. The van der Waals surface area contributed by atoms with Crippen molar-refractivity contribution in [1.82, 2.24) is 15.2 Å². The van der Waals surface area contributed by atoms with Crippen LogP contribution in [-0.2, 0) is 4.79 Å². The van der Waals surface area contributed by atoms with Gasteiger partial charge in [-0.15, -0.1) is 0 Å². The van der Waals surface area contributed by atoms with Crippen molar-refractivity contribution in [3.8, 4) is 0 Å². The number of halogens is 2. The summed E-state index contributed by atoms with van der Waals surface area (Å²) in [6.07, 6.45) is 14.1. The highest BCUT2D eigenvalue weighted by Gasteiger charge is 2.41. The zero-order valence-corrected chi connectivity index (χ0v) is 21.5. The highest BCUT2D eigenvalue weighted by atomic mass is 35.5. The normalized spacial score (nSPS) is 22.3. The van der Waals surface area contributed by atoms with Crippen molar-refractivity contribution in [3.05, 3.63) is 75.9 Å². The molecule has 2 aliphatic rings. The van der Waals surface area contributed by atoms with Gasteiger partial charge in [0.2, 0.25) is 5.91 Å². The number of hydrogen-bond donors (Lipinski definition) is 2. The lowest BCUT2D eigenvalue weighted by molar-refractivity contribution is -0.116. The Morgan fingerprint density at radius 2 is 1.83 bits per heavy atom. The van der Waals surface area contributed by atoms with Gasteiger partial charge in [-0.1, -0.05) is 53.9 Å². The fourth-order valence-electron chi connectivity index (χ4n) is 5.98. The van der Waals surface area contributed by atoms with Crippen LogP contribution in [-0.4, -0.2) is 41.0 Å². The highest BCUT2D eigenvalue weighted by molar-refractivity contribution is 6.42. The summed E-state index contributed by atoms with van der Waals surface area (Å²) in [5, 5.41) is 5.39. The molecule has 0 spiro atoms. The van der Waals surface area contributed by atoms with E-state index in [0.29, 0.717) is 22.5 Å². The topological polar surface area (TPSA) is 48.1 Å². The molecule has 2 atom stereocenters. The van der Waals surface area contributed by atoms with Gasteiger partial charge in [0, 0.05) is 41.8 Å². The summed E-state index contributed by atoms with van der Waals surface area (Å²) in [5.74, 6) is 0.598. The number of hydrogen-bond acceptors (Lipinski definition) is 2. The smallest absolute Gasteiger partial charge is 0.243 e. The molecular formula is C29H33Cl2N3O. The van der Waals surface area contributed by atoms with Crippen LogP contribution in [0.2, 0.25) is 10.0 Å². The molecule has 35 heavy (non-hydrogen) atoms. The Bertz CT molecular complexity index is 1190. The van der Waals surface area contributed by atoms with Gasteiger partial charge in [-0.25, -0.2) is 0 Å². The Balaban J connectivity index is 1.02. The number of para-hydroxylation sites is 1. The van der Waals surface area contributed by atoms with E-state index in [0.717, 1.165) is 30.5 Å². The van der Waals surface area contributed by atoms with Crippen molar-refractivity contribution in [2.45, 2.75) is 62.9 Å². The minimum Gasteiger partial charge on any atom is -0.361 e. The number of aromatic amines is 1. The van der Waals surface area contributed by atoms with E-state index in [-0.39, 0.29) is 5.91 Å². The largest absolute Gasteiger partial charge is 0.361 e. The van der Waals surface area contributed by atoms with E-state index in [1.165, 1.54) is 55.1 Å². The summed E-state index contributed by atoms with van der Waals surface area (Å²) in [7, 11) is 0. The van der Waals surface area contributed by atoms with Gasteiger partial charge in [0.25, 0.3) is 0 Å². The Hall–Kier alpha value is -2.27. The molecule has 2 bridgehead atoms. The molecule has 2 N–H and O–H groups in total. The number of fused-ring (bicyclic) bond motifs is 3. The number of rotatable bonds is 9. The van der Waals surface area contributed by atoms with E-state index < -0.39 is 0 Å². The lowest BCUT2D eigenvalue weighted by Crippen LogP contribution is -2.42. The van der Waals surface area contributed by atoms with Gasteiger partial charge in [-0.2, -0.15) is 0 Å². The van der Waals surface area contributed by atoms with Crippen molar-refractivity contribution >= 4 is 46.1 Å². The van der Waals surface area contributed by atoms with E-state index in [4.69, 9.17) is 23.2 Å². The maximum absolute atomic E-state index is 12.1. The van der Waals surface area contributed by atoms with E-state index in [9.17, 15) is 4.79 Å². The summed E-state index contributed by atoms with van der Waals surface area (Å²) in [5.41, 5.74) is 3.63. The SMILES string of the molecule is O=C(/C=C/c1ccc(Cl)c(Cl)c1)NCCCCCN1C2CCC1CC(c1c[nH]c3ccccc13)C2. The van der Waals surface area contributed by atoms with Crippen molar-refractivity contribution < 1.29 is 4.79 Å². The maximum Gasteiger partial charge on any atom is 0.243 e. The number of nitrogens with zero attached hydrogens (tertiary/aromatic N) is 1. The lowest BCUT2D eigenvalue weighted by Gasteiger charge is -2.39. The maximum atomic E-state index is 12.1. The molecule has 2 unspecified atom stereocenters. The summed E-state index contributed by atoms with van der Waals surface area (Å²) in [4.78, 5) is 18.3. The van der Waals surface area contributed by atoms with Crippen molar-refractivity contribution in [3.63, 3.8) is 0 Å². The van der Waals surface area contributed by atoms with Crippen LogP contribution in [0.1, 0.15) is 62.0 Å². The quantitative estimate of drug-likeness (QED) is 0.237. The third kappa shape index (κ3) is 5.77. The fraction of sp³-hybridized carbons (Fsp3) is 0.414. The molecular weight excluding hydrogens is 477 g/mol. The highest BCUT2D eigenvalue weighted by Crippen LogP contribution is 2.44. The summed E-state index contributed by atoms with van der Waals surface area (Å²) < 4.78 is 0. The third-order valence-electron chi connectivity index (χ3n) is 7.71.